The van der Waals surface area contributed by atoms with Crippen LogP contribution < -0.4 is 5.32 Å². The van der Waals surface area contributed by atoms with Crippen LogP contribution in [0.15, 0.2) is 5.38 Å². The zero-order valence-corrected chi connectivity index (χ0v) is 11.8. The van der Waals surface area contributed by atoms with Crippen LogP contribution in [-0.4, -0.2) is 24.2 Å². The molecule has 96 valence electrons. The van der Waals surface area contributed by atoms with Gasteiger partial charge in [-0.2, -0.15) is 0 Å². The molecule has 1 aromatic heterocycles. The van der Waals surface area contributed by atoms with Crippen LogP contribution in [0.4, 0.5) is 0 Å². The molecule has 4 heteroatoms. The Balaban J connectivity index is 1.84. The minimum Gasteiger partial charge on any atom is -0.381 e. The molecule has 3 nitrogen and oxygen atoms in total. The molecule has 0 amide bonds. The molecule has 1 aromatic rings. The van der Waals surface area contributed by atoms with Gasteiger partial charge in [0.1, 0.15) is 0 Å². The number of rotatable bonds is 3. The molecule has 0 radical (unpaired) electrons. The van der Waals surface area contributed by atoms with Crippen LogP contribution in [0.1, 0.15) is 44.3 Å². The van der Waals surface area contributed by atoms with Crippen LogP contribution in [0.3, 0.4) is 0 Å². The van der Waals surface area contributed by atoms with E-state index >= 15 is 0 Å². The summed E-state index contributed by atoms with van der Waals surface area (Å²) in [5, 5.41) is 6.96. The molecule has 2 heterocycles. The molecule has 0 saturated carbocycles. The summed E-state index contributed by atoms with van der Waals surface area (Å²) in [5.41, 5.74) is 1.34. The van der Waals surface area contributed by atoms with Gasteiger partial charge >= 0.3 is 0 Å². The lowest BCUT2D eigenvalue weighted by atomic mass is 9.98. The van der Waals surface area contributed by atoms with Crippen molar-refractivity contribution >= 4 is 11.3 Å². The number of thiazole rings is 1. The Bertz CT molecular complexity index is 351. The molecule has 0 aliphatic carbocycles. The van der Waals surface area contributed by atoms with E-state index in [4.69, 9.17) is 9.72 Å². The number of hydrogen-bond acceptors (Lipinski definition) is 4. The lowest BCUT2D eigenvalue weighted by Gasteiger charge is -2.22. The van der Waals surface area contributed by atoms with Crippen LogP contribution in [0.2, 0.25) is 0 Å². The maximum atomic E-state index is 5.35. The van der Waals surface area contributed by atoms with E-state index in [0.29, 0.717) is 6.04 Å². The van der Waals surface area contributed by atoms with Gasteiger partial charge in [0.15, 0.2) is 0 Å². The lowest BCUT2D eigenvalue weighted by Crippen LogP contribution is -2.34. The molecule has 2 rings (SSSR count). The summed E-state index contributed by atoms with van der Waals surface area (Å²) in [7, 11) is 0. The van der Waals surface area contributed by atoms with E-state index in [2.05, 4.69) is 31.5 Å². The molecule has 0 bridgehead atoms. The molecule has 0 unspecified atom stereocenters. The van der Waals surface area contributed by atoms with E-state index in [1.807, 2.05) is 0 Å². The molecule has 1 N–H and O–H groups in total. The number of hydrogen-bond donors (Lipinski definition) is 1. The summed E-state index contributed by atoms with van der Waals surface area (Å²) in [6, 6.07) is 0.600. The molecule has 1 fully saturated rings. The lowest BCUT2D eigenvalue weighted by molar-refractivity contribution is 0.0775. The number of aromatic nitrogens is 1. The third kappa shape index (κ3) is 3.76. The SMILES string of the molecule is CC(C)(C)c1nc(CNC2CCOCC2)cs1. The quantitative estimate of drug-likeness (QED) is 0.900. The Hall–Kier alpha value is -0.450. The van der Waals surface area contributed by atoms with Gasteiger partial charge in [0.2, 0.25) is 0 Å². The third-order valence-electron chi connectivity index (χ3n) is 2.99. The van der Waals surface area contributed by atoms with Crippen molar-refractivity contribution in [1.29, 1.82) is 0 Å². The van der Waals surface area contributed by atoms with Gasteiger partial charge in [-0.25, -0.2) is 4.98 Å². The molecule has 1 aliphatic rings. The van der Waals surface area contributed by atoms with Crippen LogP contribution in [0.25, 0.3) is 0 Å². The smallest absolute Gasteiger partial charge is 0.0982 e. The molecule has 1 saturated heterocycles. The summed E-state index contributed by atoms with van der Waals surface area (Å²) in [6.07, 6.45) is 2.24. The Labute approximate surface area is 108 Å². The van der Waals surface area contributed by atoms with E-state index in [-0.39, 0.29) is 5.41 Å². The summed E-state index contributed by atoms with van der Waals surface area (Å²) < 4.78 is 5.35. The molecular formula is C13H22N2OS. The highest BCUT2D eigenvalue weighted by Crippen LogP contribution is 2.25. The first-order valence-corrected chi connectivity index (χ1v) is 7.19. The van der Waals surface area contributed by atoms with Gasteiger partial charge in [-0.15, -0.1) is 11.3 Å². The highest BCUT2D eigenvalue weighted by molar-refractivity contribution is 7.09. The average Bonchev–Trinajstić information content (AvgIpc) is 2.76. The summed E-state index contributed by atoms with van der Waals surface area (Å²) in [6.45, 7) is 9.30. The Morgan fingerprint density at radius 3 is 2.71 bits per heavy atom. The van der Waals surface area contributed by atoms with Crippen molar-refractivity contribution < 1.29 is 4.74 Å². The van der Waals surface area contributed by atoms with Crippen molar-refractivity contribution in [2.24, 2.45) is 0 Å². The van der Waals surface area contributed by atoms with Crippen LogP contribution in [0, 0.1) is 0 Å². The number of ether oxygens (including phenoxy) is 1. The van der Waals surface area contributed by atoms with Crippen molar-refractivity contribution in [3.8, 4) is 0 Å². The van der Waals surface area contributed by atoms with Gasteiger partial charge < -0.3 is 10.1 Å². The Morgan fingerprint density at radius 2 is 2.12 bits per heavy atom. The van der Waals surface area contributed by atoms with Crippen molar-refractivity contribution in [3.63, 3.8) is 0 Å². The topological polar surface area (TPSA) is 34.2 Å². The summed E-state index contributed by atoms with van der Waals surface area (Å²) in [4.78, 5) is 4.69. The standard InChI is InChI=1S/C13H22N2OS/c1-13(2,3)12-15-11(9-17-12)8-14-10-4-6-16-7-5-10/h9-10,14H,4-8H2,1-3H3. The van der Waals surface area contributed by atoms with Crippen LogP contribution in [-0.2, 0) is 16.7 Å². The summed E-state index contributed by atoms with van der Waals surface area (Å²) in [5.74, 6) is 0. The van der Waals surface area contributed by atoms with E-state index in [9.17, 15) is 0 Å². The maximum absolute atomic E-state index is 5.35. The third-order valence-corrected chi connectivity index (χ3v) is 4.30. The number of nitrogens with zero attached hydrogens (tertiary/aromatic N) is 1. The van der Waals surface area contributed by atoms with E-state index < -0.39 is 0 Å². The second-order valence-electron chi connectivity index (χ2n) is 5.66. The van der Waals surface area contributed by atoms with Gasteiger partial charge in [0.25, 0.3) is 0 Å². The fourth-order valence-corrected chi connectivity index (χ4v) is 2.79. The van der Waals surface area contributed by atoms with E-state index in [1.165, 1.54) is 10.7 Å². The average molecular weight is 254 g/mol. The minimum atomic E-state index is 0.168. The first kappa shape index (κ1) is 13.0. The second-order valence-corrected chi connectivity index (χ2v) is 6.52. The van der Waals surface area contributed by atoms with E-state index in [0.717, 1.165) is 32.6 Å². The molecule has 0 atom stereocenters. The van der Waals surface area contributed by atoms with Gasteiger partial charge in [0, 0.05) is 36.6 Å². The largest absolute Gasteiger partial charge is 0.381 e. The molecule has 0 spiro atoms. The van der Waals surface area contributed by atoms with Crippen LogP contribution in [0.5, 0.6) is 0 Å². The van der Waals surface area contributed by atoms with Crippen molar-refractivity contribution in [2.45, 2.75) is 51.6 Å². The van der Waals surface area contributed by atoms with Crippen molar-refractivity contribution in [3.05, 3.63) is 16.1 Å². The van der Waals surface area contributed by atoms with Crippen molar-refractivity contribution in [2.75, 3.05) is 13.2 Å². The Morgan fingerprint density at radius 1 is 1.41 bits per heavy atom. The highest BCUT2D eigenvalue weighted by Gasteiger charge is 2.18. The monoisotopic (exact) mass is 254 g/mol. The van der Waals surface area contributed by atoms with Gasteiger partial charge in [-0.3, -0.25) is 0 Å². The molecule has 1 aliphatic heterocycles. The molecule has 17 heavy (non-hydrogen) atoms. The Kier molecular flexibility index (Phi) is 4.17. The fourth-order valence-electron chi connectivity index (χ4n) is 1.88. The van der Waals surface area contributed by atoms with Crippen molar-refractivity contribution in [1.82, 2.24) is 10.3 Å². The normalized spacial score (nSPS) is 18.5. The molecule has 0 aromatic carbocycles. The van der Waals surface area contributed by atoms with Gasteiger partial charge in [-0.05, 0) is 12.8 Å². The van der Waals surface area contributed by atoms with E-state index in [1.54, 1.807) is 11.3 Å². The van der Waals surface area contributed by atoms with Gasteiger partial charge in [-0.1, -0.05) is 20.8 Å². The molecular weight excluding hydrogens is 232 g/mol. The fraction of sp³-hybridized carbons (Fsp3) is 0.769. The van der Waals surface area contributed by atoms with Crippen LogP contribution >= 0.6 is 11.3 Å². The predicted octanol–water partition coefficient (Wildman–Crippen LogP) is 2.71. The zero-order chi connectivity index (χ0) is 12.3. The zero-order valence-electron chi connectivity index (χ0n) is 11.0. The first-order valence-electron chi connectivity index (χ1n) is 6.32. The predicted molar refractivity (Wildman–Crippen MR) is 71.5 cm³/mol. The summed E-state index contributed by atoms with van der Waals surface area (Å²) >= 11 is 1.77. The first-order chi connectivity index (χ1) is 8.05. The second kappa shape index (κ2) is 5.46. The maximum Gasteiger partial charge on any atom is 0.0982 e. The highest BCUT2D eigenvalue weighted by atomic mass is 32.1. The minimum absolute atomic E-state index is 0.168. The number of nitrogens with one attached hydrogen (secondary N) is 1. The van der Waals surface area contributed by atoms with Gasteiger partial charge in [0.05, 0.1) is 10.7 Å².